The zero-order valence-corrected chi connectivity index (χ0v) is 33.3. The van der Waals surface area contributed by atoms with Gasteiger partial charge in [0.15, 0.2) is 0 Å². The third-order valence-corrected chi connectivity index (χ3v) is 12.5. The number of fused-ring (bicyclic) bond motifs is 2. The van der Waals surface area contributed by atoms with Crippen LogP contribution in [-0.2, 0) is 27.5 Å². The maximum atomic E-state index is 13.4. The van der Waals surface area contributed by atoms with Crippen molar-refractivity contribution < 1.29 is 33.5 Å². The van der Waals surface area contributed by atoms with Crippen LogP contribution in [-0.4, -0.2) is 111 Å². The van der Waals surface area contributed by atoms with Crippen molar-refractivity contribution in [3.63, 3.8) is 0 Å². The molecule has 0 radical (unpaired) electrons. The number of anilines is 1. The Labute approximate surface area is 339 Å². The van der Waals surface area contributed by atoms with E-state index in [9.17, 15) is 34.0 Å². The molecule has 2 aromatic carbocycles. The van der Waals surface area contributed by atoms with Crippen LogP contribution in [0, 0.1) is 22.2 Å². The first-order valence-corrected chi connectivity index (χ1v) is 19.6. The summed E-state index contributed by atoms with van der Waals surface area (Å²) in [5.41, 5.74) is 1.81. The zero-order valence-electron chi connectivity index (χ0n) is 32.5. The van der Waals surface area contributed by atoms with E-state index in [1.54, 1.807) is 35.2 Å². The molecule has 17 heteroatoms. The minimum atomic E-state index is -1.03. The number of hydrogen-bond acceptors (Lipinski definition) is 12. The summed E-state index contributed by atoms with van der Waals surface area (Å²) in [5.74, 6) is -1.55. The number of halogens is 1. The average molecular weight is 808 g/mol. The van der Waals surface area contributed by atoms with Crippen LogP contribution in [0.15, 0.2) is 42.7 Å². The molecule has 3 aromatic rings. The molecule has 58 heavy (non-hydrogen) atoms. The summed E-state index contributed by atoms with van der Waals surface area (Å²) in [6.45, 7) is 11.3. The molecule has 0 bridgehead atoms. The molecule has 16 nitrogen and oxygen atoms in total. The Kier molecular flexibility index (Phi) is 9.72. The van der Waals surface area contributed by atoms with Crippen molar-refractivity contribution in [2.75, 3.05) is 37.6 Å². The van der Waals surface area contributed by atoms with Crippen molar-refractivity contribution in [1.29, 1.82) is 5.26 Å². The number of carbonyl (C=O) groups is 6. The highest BCUT2D eigenvalue weighted by molar-refractivity contribution is 6.31. The third-order valence-electron chi connectivity index (χ3n) is 12.2. The number of benzene rings is 2. The van der Waals surface area contributed by atoms with Crippen molar-refractivity contribution in [2.24, 2.45) is 10.8 Å². The highest BCUT2D eigenvalue weighted by atomic mass is 35.5. The predicted octanol–water partition coefficient (Wildman–Crippen LogP) is 2.68. The number of hydrogen-bond donors (Lipinski definition) is 2. The summed E-state index contributed by atoms with van der Waals surface area (Å²) in [4.78, 5) is 93.1. The second-order valence-corrected chi connectivity index (χ2v) is 17.1. The summed E-state index contributed by atoms with van der Waals surface area (Å²) in [6.07, 6.45) is 2.93. The molecule has 5 heterocycles. The van der Waals surface area contributed by atoms with E-state index in [1.165, 1.54) is 12.4 Å². The van der Waals surface area contributed by atoms with Crippen LogP contribution in [0.4, 0.5) is 5.95 Å². The first-order chi connectivity index (χ1) is 27.6. The predicted molar refractivity (Wildman–Crippen MR) is 207 cm³/mol. The van der Waals surface area contributed by atoms with E-state index < -0.39 is 40.5 Å². The Bertz CT molecular complexity index is 2260. The molecule has 8 rings (SSSR count). The second kappa shape index (κ2) is 14.5. The molecule has 300 valence electrons. The molecule has 3 fully saturated rings. The van der Waals surface area contributed by atoms with Gasteiger partial charge in [-0.1, -0.05) is 39.3 Å². The minimum Gasteiger partial charge on any atom is -0.489 e. The lowest BCUT2D eigenvalue weighted by Crippen LogP contribution is -2.74. The Hall–Kier alpha value is -5.92. The van der Waals surface area contributed by atoms with Gasteiger partial charge in [0.25, 0.3) is 17.7 Å². The second-order valence-electron chi connectivity index (χ2n) is 16.7. The molecule has 1 unspecified atom stereocenters. The van der Waals surface area contributed by atoms with Gasteiger partial charge in [0, 0.05) is 81.0 Å². The van der Waals surface area contributed by atoms with Gasteiger partial charge in [0.05, 0.1) is 33.8 Å². The Morgan fingerprint density at radius 2 is 1.57 bits per heavy atom. The number of imide groups is 2. The highest BCUT2D eigenvalue weighted by Crippen LogP contribution is 2.55. The van der Waals surface area contributed by atoms with Crippen LogP contribution in [0.1, 0.15) is 88.3 Å². The van der Waals surface area contributed by atoms with Gasteiger partial charge in [-0.15, -0.1) is 0 Å². The summed E-state index contributed by atoms with van der Waals surface area (Å²) < 4.78 is 6.34. The largest absolute Gasteiger partial charge is 0.489 e. The van der Waals surface area contributed by atoms with Gasteiger partial charge in [-0.05, 0) is 41.8 Å². The Morgan fingerprint density at radius 1 is 0.948 bits per heavy atom. The summed E-state index contributed by atoms with van der Waals surface area (Å²) >= 11 is 6.23. The van der Waals surface area contributed by atoms with Gasteiger partial charge >= 0.3 is 0 Å². The van der Waals surface area contributed by atoms with Crippen LogP contribution in [0.2, 0.25) is 5.02 Å². The number of piperazine rings is 1. The van der Waals surface area contributed by atoms with Crippen molar-refractivity contribution in [2.45, 2.75) is 71.8 Å². The molecular weight excluding hydrogens is 766 g/mol. The van der Waals surface area contributed by atoms with Crippen LogP contribution < -0.4 is 20.3 Å². The number of nitrogens with one attached hydrogen (secondary N) is 2. The topological polar surface area (TPSA) is 198 Å². The standard InChI is InChI=1S/C41H42ClN9O7/c1-40(2)37(41(3,4)38(40)58-26-6-5-22(16-43)29(42)15-26)47-33(54)25-17-44-39(45-18-25)49-11-9-48(10-12-49)21-32(53)50-19-23-13-27-28(14-24(23)20-50)36(57)51(35(27)56)30-7-8-31(52)46-34(30)55/h5-6,13-15,17-18,30,37-38H,7-12,19-21H2,1-4H3,(H,47,54)(H,46,52,55)/t30?,37-,38-. The Morgan fingerprint density at radius 3 is 2.14 bits per heavy atom. The van der Waals surface area contributed by atoms with Crippen molar-refractivity contribution in [1.82, 2.24) is 35.3 Å². The van der Waals surface area contributed by atoms with E-state index in [-0.39, 0.29) is 54.5 Å². The van der Waals surface area contributed by atoms with Crippen LogP contribution in [0.3, 0.4) is 0 Å². The SMILES string of the molecule is CC1(C)[C@H](NC(=O)c2cnc(N3CCN(CC(=O)N4Cc5cc6c(cc5C4)C(=O)N(C4CCC(=O)NC4=O)C6=O)CC3)nc2)C(C)(C)[C@H]1Oc1ccc(C#N)c(Cl)c1. The lowest BCUT2D eigenvalue weighted by Gasteiger charge is -2.63. The maximum Gasteiger partial charge on any atom is 0.262 e. The number of nitriles is 1. The molecule has 1 aromatic heterocycles. The molecule has 5 aliphatic rings. The number of carbonyl (C=O) groups excluding carboxylic acids is 6. The molecule has 1 aliphatic carbocycles. The summed E-state index contributed by atoms with van der Waals surface area (Å²) in [5, 5.41) is 14.9. The maximum absolute atomic E-state index is 13.4. The molecule has 2 N–H and O–H groups in total. The van der Waals surface area contributed by atoms with Gasteiger partial charge in [-0.25, -0.2) is 9.97 Å². The molecule has 0 spiro atoms. The fourth-order valence-electron chi connectivity index (χ4n) is 9.35. The quantitative estimate of drug-likeness (QED) is 0.316. The van der Waals surface area contributed by atoms with E-state index in [2.05, 4.69) is 25.5 Å². The molecular formula is C41H42ClN9O7. The van der Waals surface area contributed by atoms with Crippen molar-refractivity contribution in [3.8, 4) is 11.8 Å². The Balaban J connectivity index is 0.815. The fraction of sp³-hybridized carbons (Fsp3) is 0.439. The van der Waals surface area contributed by atoms with Crippen molar-refractivity contribution in [3.05, 3.63) is 81.1 Å². The van der Waals surface area contributed by atoms with Crippen LogP contribution in [0.5, 0.6) is 5.75 Å². The summed E-state index contributed by atoms with van der Waals surface area (Å²) in [6, 6.07) is 9.07. The molecule has 2 saturated heterocycles. The van der Waals surface area contributed by atoms with Gasteiger partial charge in [-0.3, -0.25) is 43.9 Å². The number of aromatic nitrogens is 2. The van der Waals surface area contributed by atoms with E-state index in [0.29, 0.717) is 67.1 Å². The third kappa shape index (κ3) is 6.71. The molecule has 1 saturated carbocycles. The van der Waals surface area contributed by atoms with Gasteiger partial charge < -0.3 is 19.9 Å². The van der Waals surface area contributed by atoms with Crippen molar-refractivity contribution >= 4 is 53.0 Å². The lowest BCUT2D eigenvalue weighted by atomic mass is 9.49. The molecule has 1 atom stereocenters. The fourth-order valence-corrected chi connectivity index (χ4v) is 9.57. The van der Waals surface area contributed by atoms with E-state index in [0.717, 1.165) is 16.0 Å². The van der Waals surface area contributed by atoms with Crippen LogP contribution >= 0.6 is 11.6 Å². The van der Waals surface area contributed by atoms with Gasteiger partial charge in [0.2, 0.25) is 23.7 Å². The summed E-state index contributed by atoms with van der Waals surface area (Å²) in [7, 11) is 0. The average Bonchev–Trinajstić information content (AvgIpc) is 3.72. The van der Waals surface area contributed by atoms with E-state index >= 15 is 0 Å². The zero-order chi connectivity index (χ0) is 41.3. The first-order valence-electron chi connectivity index (χ1n) is 19.2. The number of ether oxygens (including phenoxy) is 1. The van der Waals surface area contributed by atoms with Gasteiger partial charge in [0.1, 0.15) is 24.0 Å². The number of rotatable bonds is 8. The van der Waals surface area contributed by atoms with Gasteiger partial charge in [-0.2, -0.15) is 5.26 Å². The highest BCUT2D eigenvalue weighted by Gasteiger charge is 2.64. The lowest BCUT2D eigenvalue weighted by molar-refractivity contribution is -0.164. The molecule has 6 amide bonds. The smallest absolute Gasteiger partial charge is 0.262 e. The van der Waals surface area contributed by atoms with E-state index in [1.807, 2.05) is 38.7 Å². The first kappa shape index (κ1) is 38.9. The normalized spacial score (nSPS) is 23.4. The van der Waals surface area contributed by atoms with Crippen LogP contribution in [0.25, 0.3) is 0 Å². The van der Waals surface area contributed by atoms with E-state index in [4.69, 9.17) is 16.3 Å². The number of amides is 6. The number of nitrogens with zero attached hydrogens (tertiary/aromatic N) is 7. The number of piperidine rings is 1. The molecule has 4 aliphatic heterocycles. The minimum absolute atomic E-state index is 0.0474. The monoisotopic (exact) mass is 807 g/mol.